The Kier molecular flexibility index (Phi) is 7.55. The van der Waals surface area contributed by atoms with E-state index in [1.54, 1.807) is 36.7 Å². The van der Waals surface area contributed by atoms with Gasteiger partial charge in [0.15, 0.2) is 0 Å². The molecule has 3 aromatic carbocycles. The highest BCUT2D eigenvalue weighted by Gasteiger charge is 2.46. The van der Waals surface area contributed by atoms with Crippen LogP contribution in [0.1, 0.15) is 46.3 Å². The average molecular weight is 519 g/mol. The van der Waals surface area contributed by atoms with Gasteiger partial charge < -0.3 is 14.7 Å². The van der Waals surface area contributed by atoms with Crippen LogP contribution in [0.2, 0.25) is 0 Å². The molecule has 4 aromatic rings. The number of carbonyl (C=O) groups excluding carboxylic acids is 2. The van der Waals surface area contributed by atoms with Crippen molar-refractivity contribution in [1.82, 2.24) is 9.88 Å². The number of amides is 1. The van der Waals surface area contributed by atoms with Crippen molar-refractivity contribution in [3.8, 4) is 5.75 Å². The number of aryl methyl sites for hydroxylation is 2. The van der Waals surface area contributed by atoms with Gasteiger partial charge >= 0.3 is 0 Å². The average Bonchev–Trinajstić information content (AvgIpc) is 3.22. The molecule has 0 radical (unpaired) electrons. The van der Waals surface area contributed by atoms with Gasteiger partial charge in [-0.2, -0.15) is 0 Å². The van der Waals surface area contributed by atoms with Crippen LogP contribution >= 0.6 is 0 Å². The third kappa shape index (κ3) is 5.46. The molecule has 1 fully saturated rings. The molecule has 0 bridgehead atoms. The molecule has 0 saturated carbocycles. The normalized spacial score (nSPS) is 16.5. The van der Waals surface area contributed by atoms with E-state index in [0.717, 1.165) is 34.2 Å². The lowest BCUT2D eigenvalue weighted by Gasteiger charge is -2.25. The maximum absolute atomic E-state index is 13.4. The molecular formula is C33H30N2O4. The van der Waals surface area contributed by atoms with Crippen molar-refractivity contribution in [2.45, 2.75) is 39.5 Å². The Morgan fingerprint density at radius 3 is 2.33 bits per heavy atom. The van der Waals surface area contributed by atoms with E-state index in [4.69, 9.17) is 4.74 Å². The summed E-state index contributed by atoms with van der Waals surface area (Å²) >= 11 is 0. The zero-order valence-corrected chi connectivity index (χ0v) is 22.0. The number of ketones is 1. The Labute approximate surface area is 228 Å². The summed E-state index contributed by atoms with van der Waals surface area (Å²) in [5.41, 5.74) is 5.08. The minimum absolute atomic E-state index is 0.0745. The van der Waals surface area contributed by atoms with Gasteiger partial charge in [-0.3, -0.25) is 14.6 Å². The molecule has 1 N–H and O–H groups in total. The predicted octanol–water partition coefficient (Wildman–Crippen LogP) is 6.15. The van der Waals surface area contributed by atoms with Gasteiger partial charge in [0, 0.05) is 24.5 Å². The summed E-state index contributed by atoms with van der Waals surface area (Å²) in [5, 5.41) is 11.5. The van der Waals surface area contributed by atoms with Crippen molar-refractivity contribution in [3.05, 3.63) is 136 Å². The van der Waals surface area contributed by atoms with Crippen LogP contribution in [0.25, 0.3) is 5.76 Å². The summed E-state index contributed by atoms with van der Waals surface area (Å²) in [7, 11) is 0. The second kappa shape index (κ2) is 11.4. The number of aliphatic hydroxyl groups excluding tert-OH is 1. The van der Waals surface area contributed by atoms with Crippen LogP contribution in [-0.2, 0) is 29.2 Å². The standard InChI is InChI=1S/C33H30N2O4/c1-3-23-11-13-26(14-12-23)30-29(32(37)33(38)35(30)20-25-10-7-17-34-19-25)31(36)27-15-16-28(22(2)18-27)39-21-24-8-5-4-6-9-24/h4-19,30,36H,3,20-21H2,1-2H3/t30-/m0/s1. The van der Waals surface area contributed by atoms with Crippen LogP contribution in [0.4, 0.5) is 0 Å². The van der Waals surface area contributed by atoms with Crippen molar-refractivity contribution in [2.24, 2.45) is 0 Å². The number of pyridine rings is 1. The first-order chi connectivity index (χ1) is 19.0. The quantitative estimate of drug-likeness (QED) is 0.172. The van der Waals surface area contributed by atoms with Crippen molar-refractivity contribution in [3.63, 3.8) is 0 Å². The van der Waals surface area contributed by atoms with Crippen LogP contribution in [-0.4, -0.2) is 26.7 Å². The molecule has 0 unspecified atom stereocenters. The van der Waals surface area contributed by atoms with Gasteiger partial charge in [-0.25, -0.2) is 0 Å². The smallest absolute Gasteiger partial charge is 0.295 e. The number of rotatable bonds is 8. The summed E-state index contributed by atoms with van der Waals surface area (Å²) in [5.74, 6) is -0.879. The van der Waals surface area contributed by atoms with E-state index in [2.05, 4.69) is 11.9 Å². The maximum Gasteiger partial charge on any atom is 0.295 e. The predicted molar refractivity (Wildman–Crippen MR) is 150 cm³/mol. The number of hydrogen-bond acceptors (Lipinski definition) is 5. The largest absolute Gasteiger partial charge is 0.507 e. The monoisotopic (exact) mass is 518 g/mol. The lowest BCUT2D eigenvalue weighted by atomic mass is 9.94. The topological polar surface area (TPSA) is 79.7 Å². The number of aliphatic hydroxyl groups is 1. The van der Waals surface area contributed by atoms with Gasteiger partial charge in [-0.05, 0) is 65.4 Å². The number of ether oxygens (including phenoxy) is 1. The lowest BCUT2D eigenvalue weighted by Crippen LogP contribution is -2.29. The van der Waals surface area contributed by atoms with E-state index in [1.807, 2.05) is 67.6 Å². The van der Waals surface area contributed by atoms with E-state index in [0.29, 0.717) is 17.9 Å². The van der Waals surface area contributed by atoms with E-state index in [1.165, 1.54) is 4.90 Å². The third-order valence-corrected chi connectivity index (χ3v) is 7.00. The van der Waals surface area contributed by atoms with E-state index >= 15 is 0 Å². The molecule has 2 heterocycles. The Balaban J connectivity index is 1.52. The minimum Gasteiger partial charge on any atom is -0.507 e. The lowest BCUT2D eigenvalue weighted by molar-refractivity contribution is -0.140. The maximum atomic E-state index is 13.4. The summed E-state index contributed by atoms with van der Waals surface area (Å²) in [4.78, 5) is 32.3. The number of nitrogens with zero attached hydrogens (tertiary/aromatic N) is 2. The number of benzene rings is 3. The Morgan fingerprint density at radius 2 is 1.67 bits per heavy atom. The number of carbonyl (C=O) groups is 2. The first-order valence-electron chi connectivity index (χ1n) is 13.0. The fourth-order valence-corrected chi connectivity index (χ4v) is 4.86. The van der Waals surface area contributed by atoms with Crippen LogP contribution in [0, 0.1) is 6.92 Å². The summed E-state index contributed by atoms with van der Waals surface area (Å²) < 4.78 is 5.98. The summed E-state index contributed by atoms with van der Waals surface area (Å²) in [6, 6.07) is 25.9. The molecule has 1 aliphatic heterocycles. The molecular weight excluding hydrogens is 488 g/mol. The highest BCUT2D eigenvalue weighted by atomic mass is 16.5. The van der Waals surface area contributed by atoms with Gasteiger partial charge in [-0.15, -0.1) is 0 Å². The molecule has 0 spiro atoms. The zero-order chi connectivity index (χ0) is 27.4. The number of likely N-dealkylation sites (tertiary alicyclic amines) is 1. The molecule has 0 aliphatic carbocycles. The fraction of sp³-hybridized carbons (Fsp3) is 0.182. The first kappa shape index (κ1) is 25.9. The van der Waals surface area contributed by atoms with Crippen LogP contribution in [0.3, 0.4) is 0 Å². The van der Waals surface area contributed by atoms with Crippen LogP contribution in [0.15, 0.2) is 103 Å². The zero-order valence-electron chi connectivity index (χ0n) is 22.0. The van der Waals surface area contributed by atoms with Crippen LogP contribution < -0.4 is 4.74 Å². The fourth-order valence-electron chi connectivity index (χ4n) is 4.86. The van der Waals surface area contributed by atoms with E-state index in [9.17, 15) is 14.7 Å². The SMILES string of the molecule is CCc1ccc([C@H]2C(=C(O)c3ccc(OCc4ccccc4)c(C)c3)C(=O)C(=O)N2Cc2cccnc2)cc1. The highest BCUT2D eigenvalue weighted by molar-refractivity contribution is 6.46. The van der Waals surface area contributed by atoms with Crippen molar-refractivity contribution in [1.29, 1.82) is 0 Å². The Morgan fingerprint density at radius 1 is 0.923 bits per heavy atom. The van der Waals surface area contributed by atoms with Crippen LogP contribution in [0.5, 0.6) is 5.75 Å². The van der Waals surface area contributed by atoms with Gasteiger partial charge in [-0.1, -0.05) is 67.6 Å². The Bertz CT molecular complexity index is 1510. The molecule has 6 heteroatoms. The molecule has 39 heavy (non-hydrogen) atoms. The second-order valence-electron chi connectivity index (χ2n) is 9.64. The number of hydrogen-bond donors (Lipinski definition) is 1. The minimum atomic E-state index is -0.731. The molecule has 1 aromatic heterocycles. The molecule has 1 aliphatic rings. The second-order valence-corrected chi connectivity index (χ2v) is 9.64. The molecule has 1 atom stereocenters. The third-order valence-electron chi connectivity index (χ3n) is 7.00. The number of aromatic nitrogens is 1. The van der Waals surface area contributed by atoms with Gasteiger partial charge in [0.1, 0.15) is 18.1 Å². The van der Waals surface area contributed by atoms with Crippen molar-refractivity contribution < 1.29 is 19.4 Å². The Hall–Kier alpha value is -4.71. The van der Waals surface area contributed by atoms with Crippen molar-refractivity contribution in [2.75, 3.05) is 0 Å². The summed E-state index contributed by atoms with van der Waals surface area (Å²) in [6.45, 7) is 4.57. The molecule has 1 amide bonds. The molecule has 5 rings (SSSR count). The van der Waals surface area contributed by atoms with E-state index < -0.39 is 17.7 Å². The van der Waals surface area contributed by atoms with Gasteiger partial charge in [0.25, 0.3) is 11.7 Å². The van der Waals surface area contributed by atoms with Gasteiger partial charge in [0.2, 0.25) is 0 Å². The molecule has 196 valence electrons. The van der Waals surface area contributed by atoms with Crippen molar-refractivity contribution >= 4 is 17.4 Å². The van der Waals surface area contributed by atoms with E-state index in [-0.39, 0.29) is 17.9 Å². The molecule has 6 nitrogen and oxygen atoms in total. The molecule has 1 saturated heterocycles. The first-order valence-corrected chi connectivity index (χ1v) is 13.0. The number of Topliss-reactive ketones (excluding diaryl/α,β-unsaturated/α-hetero) is 1. The highest BCUT2D eigenvalue weighted by Crippen LogP contribution is 2.40. The van der Waals surface area contributed by atoms with Gasteiger partial charge in [0.05, 0.1) is 11.6 Å². The summed E-state index contributed by atoms with van der Waals surface area (Å²) in [6.07, 6.45) is 4.20.